The van der Waals surface area contributed by atoms with Crippen molar-refractivity contribution in [3.63, 3.8) is 0 Å². The van der Waals surface area contributed by atoms with Gasteiger partial charge in [-0.3, -0.25) is 9.59 Å². The minimum Gasteiger partial charge on any atom is -0.444 e. The molecule has 2 amide bonds. The standard InChI is InChI=1S/C30H37F3N6O4S/c1-6-20-23(37-9-11-38(12-10-37)27(42)43-28(3,4)5)24(41)22-25(36-26-18(35-22)13-16(2)44-26)39(20)15-21(40)34-19-14-29(30(31,32)33)8-7-17(19)29/h13,17,19H,6-12,14-15H2,1-5H3,(H,34,40). The summed E-state index contributed by atoms with van der Waals surface area (Å²) in [4.78, 5) is 54.7. The number of hydrogen-bond donors (Lipinski definition) is 1. The second kappa shape index (κ2) is 10.6. The van der Waals surface area contributed by atoms with Gasteiger partial charge < -0.3 is 24.4 Å². The Morgan fingerprint density at radius 1 is 1.16 bits per heavy atom. The maximum Gasteiger partial charge on any atom is 0.410 e. The van der Waals surface area contributed by atoms with E-state index >= 15 is 0 Å². The van der Waals surface area contributed by atoms with E-state index in [-0.39, 0.29) is 36.0 Å². The molecule has 1 aliphatic heterocycles. The molecule has 44 heavy (non-hydrogen) atoms. The molecule has 238 valence electrons. The summed E-state index contributed by atoms with van der Waals surface area (Å²) in [5.74, 6) is -1.03. The van der Waals surface area contributed by atoms with E-state index < -0.39 is 41.2 Å². The number of anilines is 1. The number of aryl methyl sites for hydroxylation is 1. The molecule has 0 bridgehead atoms. The predicted molar refractivity (Wildman–Crippen MR) is 161 cm³/mol. The Labute approximate surface area is 256 Å². The van der Waals surface area contributed by atoms with Gasteiger partial charge in [-0.1, -0.05) is 6.92 Å². The number of amides is 2. The molecule has 2 saturated carbocycles. The lowest BCUT2D eigenvalue weighted by atomic mass is 9.44. The van der Waals surface area contributed by atoms with E-state index in [1.807, 2.05) is 24.8 Å². The number of ether oxygens (including phenoxy) is 1. The van der Waals surface area contributed by atoms with E-state index in [0.29, 0.717) is 60.7 Å². The highest BCUT2D eigenvalue weighted by atomic mass is 32.1. The summed E-state index contributed by atoms with van der Waals surface area (Å²) in [6, 6.07) is 1.32. The first-order valence-electron chi connectivity index (χ1n) is 15.0. The summed E-state index contributed by atoms with van der Waals surface area (Å²) in [5, 5.41) is 2.85. The van der Waals surface area contributed by atoms with Gasteiger partial charge in [-0.2, -0.15) is 13.2 Å². The van der Waals surface area contributed by atoms with Gasteiger partial charge in [0.05, 0.1) is 5.41 Å². The number of pyridine rings is 1. The van der Waals surface area contributed by atoms with Gasteiger partial charge in [-0.15, -0.1) is 11.3 Å². The van der Waals surface area contributed by atoms with Crippen LogP contribution in [0.2, 0.25) is 0 Å². The van der Waals surface area contributed by atoms with Gasteiger partial charge in [0.1, 0.15) is 28.2 Å². The van der Waals surface area contributed by atoms with Gasteiger partial charge in [0, 0.05) is 42.8 Å². The van der Waals surface area contributed by atoms with Crippen LogP contribution in [0.3, 0.4) is 0 Å². The second-order valence-electron chi connectivity index (χ2n) is 13.1. The molecule has 3 atom stereocenters. The molecule has 14 heteroatoms. The van der Waals surface area contributed by atoms with Crippen LogP contribution in [0.1, 0.15) is 57.5 Å². The summed E-state index contributed by atoms with van der Waals surface area (Å²) in [7, 11) is 0. The fourth-order valence-electron chi connectivity index (χ4n) is 6.99. The first kappa shape index (κ1) is 30.6. The van der Waals surface area contributed by atoms with E-state index in [1.54, 1.807) is 30.2 Å². The molecule has 0 radical (unpaired) electrons. The van der Waals surface area contributed by atoms with Crippen molar-refractivity contribution in [2.75, 3.05) is 31.1 Å². The SMILES string of the molecule is CCc1c(N2CCN(C(=O)OC(C)(C)C)CC2)c(=O)c2nc3cc(C)sc3nc2n1CC(=O)NC1CC2(C(F)(F)F)CCC12. The smallest absolute Gasteiger partial charge is 0.410 e. The summed E-state index contributed by atoms with van der Waals surface area (Å²) < 4.78 is 48.2. The molecular weight excluding hydrogens is 597 g/mol. The number of halogens is 3. The Morgan fingerprint density at radius 3 is 2.43 bits per heavy atom. The number of carbonyl (C=O) groups is 2. The van der Waals surface area contributed by atoms with Crippen LogP contribution in [0.5, 0.6) is 0 Å². The second-order valence-corrected chi connectivity index (χ2v) is 14.4. The molecular formula is C30H37F3N6O4S. The van der Waals surface area contributed by atoms with Crippen molar-refractivity contribution in [3.05, 3.63) is 26.9 Å². The van der Waals surface area contributed by atoms with Crippen molar-refractivity contribution >= 4 is 50.5 Å². The number of nitrogens with zero attached hydrogens (tertiary/aromatic N) is 5. The van der Waals surface area contributed by atoms with Gasteiger partial charge in [0.25, 0.3) is 0 Å². The Morgan fingerprint density at radius 2 is 1.86 bits per heavy atom. The Hall–Kier alpha value is -3.42. The molecule has 4 heterocycles. The van der Waals surface area contributed by atoms with Gasteiger partial charge in [0.15, 0.2) is 11.2 Å². The molecule has 6 rings (SSSR count). The lowest BCUT2D eigenvalue weighted by Gasteiger charge is -2.63. The zero-order chi connectivity index (χ0) is 31.8. The van der Waals surface area contributed by atoms with Crippen molar-refractivity contribution in [2.24, 2.45) is 11.3 Å². The molecule has 10 nitrogen and oxygen atoms in total. The van der Waals surface area contributed by atoms with Crippen LogP contribution in [-0.2, 0) is 22.5 Å². The third-order valence-electron chi connectivity index (χ3n) is 9.23. The summed E-state index contributed by atoms with van der Waals surface area (Å²) in [6.07, 6.45) is -3.87. The number of aromatic nitrogens is 3. The fourth-order valence-corrected chi connectivity index (χ4v) is 7.81. The molecule has 0 spiro atoms. The van der Waals surface area contributed by atoms with Crippen molar-refractivity contribution in [1.82, 2.24) is 24.8 Å². The van der Waals surface area contributed by atoms with Crippen LogP contribution in [0.4, 0.5) is 23.7 Å². The highest BCUT2D eigenvalue weighted by Crippen LogP contribution is 2.68. The minimum absolute atomic E-state index is 0.105. The van der Waals surface area contributed by atoms with Crippen molar-refractivity contribution in [2.45, 2.75) is 84.7 Å². The quantitative estimate of drug-likeness (QED) is 0.430. The predicted octanol–water partition coefficient (Wildman–Crippen LogP) is 4.78. The van der Waals surface area contributed by atoms with Crippen LogP contribution in [0.25, 0.3) is 21.5 Å². The Bertz CT molecular complexity index is 1710. The van der Waals surface area contributed by atoms with Crippen LogP contribution < -0.4 is 15.6 Å². The lowest BCUT2D eigenvalue weighted by Crippen LogP contribution is -2.70. The zero-order valence-electron chi connectivity index (χ0n) is 25.5. The number of hydrogen-bond acceptors (Lipinski definition) is 8. The van der Waals surface area contributed by atoms with Crippen LogP contribution >= 0.6 is 11.3 Å². The number of carbonyl (C=O) groups excluding carboxylic acids is 2. The number of nitrogens with one attached hydrogen (secondary N) is 1. The lowest BCUT2D eigenvalue weighted by molar-refractivity contribution is -0.319. The summed E-state index contributed by atoms with van der Waals surface area (Å²) in [6.45, 7) is 10.4. The van der Waals surface area contributed by atoms with E-state index in [4.69, 9.17) is 9.72 Å². The Balaban J connectivity index is 1.33. The zero-order valence-corrected chi connectivity index (χ0v) is 26.3. The van der Waals surface area contributed by atoms with Crippen LogP contribution in [0.15, 0.2) is 10.9 Å². The Kier molecular flexibility index (Phi) is 7.37. The number of alkyl halides is 3. The molecule has 3 unspecified atom stereocenters. The number of rotatable bonds is 5. The molecule has 3 fully saturated rings. The molecule has 3 aliphatic rings. The average Bonchev–Trinajstić information content (AvgIpc) is 3.28. The van der Waals surface area contributed by atoms with E-state index in [2.05, 4.69) is 10.3 Å². The third-order valence-corrected chi connectivity index (χ3v) is 10.2. The maximum absolute atomic E-state index is 14.1. The third kappa shape index (κ3) is 5.08. The van der Waals surface area contributed by atoms with Crippen molar-refractivity contribution < 1.29 is 27.5 Å². The molecule has 3 aromatic rings. The molecule has 3 aromatic heterocycles. The number of piperazine rings is 1. The van der Waals surface area contributed by atoms with Gasteiger partial charge in [-0.25, -0.2) is 14.8 Å². The number of fused-ring (bicyclic) bond motifs is 3. The van der Waals surface area contributed by atoms with Crippen molar-refractivity contribution in [3.8, 4) is 0 Å². The minimum atomic E-state index is -4.27. The largest absolute Gasteiger partial charge is 0.444 e. The fraction of sp³-hybridized carbons (Fsp3) is 0.633. The van der Waals surface area contributed by atoms with Crippen LogP contribution in [-0.4, -0.2) is 75.4 Å². The molecule has 1 N–H and O–H groups in total. The van der Waals surface area contributed by atoms with E-state index in [9.17, 15) is 27.6 Å². The van der Waals surface area contributed by atoms with Crippen LogP contribution in [0, 0.1) is 18.3 Å². The van der Waals surface area contributed by atoms with Crippen molar-refractivity contribution in [1.29, 1.82) is 0 Å². The highest BCUT2D eigenvalue weighted by Gasteiger charge is 2.72. The monoisotopic (exact) mass is 634 g/mol. The average molecular weight is 635 g/mol. The summed E-state index contributed by atoms with van der Waals surface area (Å²) >= 11 is 1.43. The van der Waals surface area contributed by atoms with Gasteiger partial charge in [0.2, 0.25) is 11.3 Å². The van der Waals surface area contributed by atoms with Gasteiger partial charge in [-0.05, 0) is 65.4 Å². The molecule has 0 aromatic carbocycles. The number of thiophene rings is 1. The van der Waals surface area contributed by atoms with Gasteiger partial charge >= 0.3 is 12.3 Å². The molecule has 2 aliphatic carbocycles. The molecule has 1 saturated heterocycles. The van der Waals surface area contributed by atoms with E-state index in [1.165, 1.54) is 11.3 Å². The summed E-state index contributed by atoms with van der Waals surface area (Å²) in [5.41, 5.74) is -0.637. The first-order chi connectivity index (χ1) is 20.6. The normalized spacial score (nSPS) is 23.7. The van der Waals surface area contributed by atoms with E-state index in [0.717, 1.165) is 4.88 Å². The highest BCUT2D eigenvalue weighted by molar-refractivity contribution is 7.18. The maximum atomic E-state index is 14.1. The first-order valence-corrected chi connectivity index (χ1v) is 15.9. The topological polar surface area (TPSA) is 110 Å².